The predicted molar refractivity (Wildman–Crippen MR) is 214 cm³/mol. The Kier molecular flexibility index (Phi) is 5.96. The third-order valence-corrected chi connectivity index (χ3v) is 10.4. The average Bonchev–Trinajstić information content (AvgIpc) is 3.76. The van der Waals surface area contributed by atoms with Crippen LogP contribution in [0.2, 0.25) is 0 Å². The molecule has 0 aliphatic rings. The minimum atomic E-state index is 0.845. The standard InChI is InChI=1S/C48H29NO2/c1-2-10-30(11-3-1)35-15-9-19-45-48(35)42-25-22-33(29-47(42)51-45)49(32-21-24-41-40-14-6-7-18-44(40)50-46(41)28-32)43-17-8-16-36-38-23-20-31-12-4-5-13-34(31)37(38)26-27-39(36)43/h1-29H. The molecule has 2 aromatic heterocycles. The summed E-state index contributed by atoms with van der Waals surface area (Å²) in [5.41, 5.74) is 8.90. The summed E-state index contributed by atoms with van der Waals surface area (Å²) in [5, 5.41) is 11.8. The minimum Gasteiger partial charge on any atom is -0.456 e. The van der Waals surface area contributed by atoms with E-state index in [1.807, 2.05) is 12.1 Å². The van der Waals surface area contributed by atoms with E-state index in [1.165, 1.54) is 43.4 Å². The van der Waals surface area contributed by atoms with Crippen LogP contribution in [0.4, 0.5) is 17.1 Å². The van der Waals surface area contributed by atoms with Crippen LogP contribution in [0.15, 0.2) is 185 Å². The Morgan fingerprint density at radius 3 is 1.78 bits per heavy atom. The van der Waals surface area contributed by atoms with E-state index in [1.54, 1.807) is 0 Å². The number of furan rings is 2. The smallest absolute Gasteiger partial charge is 0.137 e. The lowest BCUT2D eigenvalue weighted by molar-refractivity contribution is 0.669. The molecule has 0 saturated carbocycles. The summed E-state index contributed by atoms with van der Waals surface area (Å²) in [6.45, 7) is 0. The summed E-state index contributed by atoms with van der Waals surface area (Å²) < 4.78 is 13.0. The fourth-order valence-corrected chi connectivity index (χ4v) is 8.13. The first-order valence-electron chi connectivity index (χ1n) is 17.3. The second-order valence-electron chi connectivity index (χ2n) is 13.3. The van der Waals surface area contributed by atoms with Crippen molar-refractivity contribution in [3.05, 3.63) is 176 Å². The second kappa shape index (κ2) is 10.8. The minimum absolute atomic E-state index is 0.845. The van der Waals surface area contributed by atoms with E-state index in [0.29, 0.717) is 0 Å². The monoisotopic (exact) mass is 651 g/mol. The maximum absolute atomic E-state index is 6.63. The molecule has 0 aliphatic carbocycles. The van der Waals surface area contributed by atoms with Crippen molar-refractivity contribution < 1.29 is 8.83 Å². The first-order chi connectivity index (χ1) is 25.3. The number of hydrogen-bond donors (Lipinski definition) is 0. The van der Waals surface area contributed by atoms with E-state index >= 15 is 0 Å². The Bertz CT molecular complexity index is 3150. The molecular formula is C48H29NO2. The molecule has 2 heterocycles. The lowest BCUT2D eigenvalue weighted by Crippen LogP contribution is -2.10. The first-order valence-corrected chi connectivity index (χ1v) is 17.3. The van der Waals surface area contributed by atoms with Gasteiger partial charge in [0.25, 0.3) is 0 Å². The van der Waals surface area contributed by atoms with Gasteiger partial charge in [0.05, 0.1) is 5.69 Å². The molecule has 0 aliphatic heterocycles. The van der Waals surface area contributed by atoms with Gasteiger partial charge >= 0.3 is 0 Å². The SMILES string of the molecule is c1ccc(-c2cccc3oc4cc(N(c5ccc6c(c5)oc5ccccc56)c5cccc6c5ccc5c7ccccc7ccc65)ccc4c23)cc1. The summed E-state index contributed by atoms with van der Waals surface area (Å²) in [6.07, 6.45) is 0. The van der Waals surface area contributed by atoms with Crippen LogP contribution < -0.4 is 4.90 Å². The van der Waals surface area contributed by atoms with Crippen LogP contribution in [-0.2, 0) is 0 Å². The molecule has 0 fully saturated rings. The summed E-state index contributed by atoms with van der Waals surface area (Å²) in [6, 6.07) is 62.6. The fraction of sp³-hybridized carbons (Fsp3) is 0. The molecule has 0 N–H and O–H groups in total. The lowest BCUT2D eigenvalue weighted by Gasteiger charge is -2.27. The molecule has 0 radical (unpaired) electrons. The highest BCUT2D eigenvalue weighted by Gasteiger charge is 2.21. The van der Waals surface area contributed by atoms with Crippen LogP contribution in [0, 0.1) is 0 Å². The van der Waals surface area contributed by atoms with E-state index < -0.39 is 0 Å². The van der Waals surface area contributed by atoms with Gasteiger partial charge in [0.1, 0.15) is 22.3 Å². The largest absolute Gasteiger partial charge is 0.456 e. The van der Waals surface area contributed by atoms with Crippen LogP contribution in [0.5, 0.6) is 0 Å². The molecule has 11 aromatic rings. The number of benzene rings is 9. The van der Waals surface area contributed by atoms with Crippen molar-refractivity contribution in [3.63, 3.8) is 0 Å². The Hall–Kier alpha value is -6.84. The molecule has 51 heavy (non-hydrogen) atoms. The van der Waals surface area contributed by atoms with Crippen molar-refractivity contribution in [1.29, 1.82) is 0 Å². The maximum Gasteiger partial charge on any atom is 0.137 e. The topological polar surface area (TPSA) is 29.5 Å². The Morgan fingerprint density at radius 1 is 0.333 bits per heavy atom. The molecular weight excluding hydrogens is 623 g/mol. The van der Waals surface area contributed by atoms with E-state index in [2.05, 4.69) is 169 Å². The number of anilines is 3. The average molecular weight is 652 g/mol. The van der Waals surface area contributed by atoms with Crippen molar-refractivity contribution in [2.75, 3.05) is 4.90 Å². The molecule has 0 saturated heterocycles. The molecule has 9 aromatic carbocycles. The number of nitrogens with zero attached hydrogens (tertiary/aromatic N) is 1. The quantitative estimate of drug-likeness (QED) is 0.177. The lowest BCUT2D eigenvalue weighted by atomic mass is 9.96. The zero-order valence-corrected chi connectivity index (χ0v) is 27.5. The van der Waals surface area contributed by atoms with Gasteiger partial charge in [0.2, 0.25) is 0 Å². The Balaban J connectivity index is 1.17. The zero-order chi connectivity index (χ0) is 33.5. The van der Waals surface area contributed by atoms with Gasteiger partial charge in [-0.25, -0.2) is 0 Å². The number of rotatable bonds is 4. The van der Waals surface area contributed by atoms with Crippen LogP contribution in [-0.4, -0.2) is 0 Å². The van der Waals surface area contributed by atoms with Gasteiger partial charge in [-0.05, 0) is 80.5 Å². The summed E-state index contributed by atoms with van der Waals surface area (Å²) in [5.74, 6) is 0. The van der Waals surface area contributed by atoms with Gasteiger partial charge in [-0.1, -0.05) is 121 Å². The molecule has 0 amide bonds. The molecule has 11 rings (SSSR count). The highest BCUT2D eigenvalue weighted by atomic mass is 16.3. The van der Waals surface area contributed by atoms with Crippen molar-refractivity contribution in [2.45, 2.75) is 0 Å². The maximum atomic E-state index is 6.63. The normalized spacial score (nSPS) is 11.9. The zero-order valence-electron chi connectivity index (χ0n) is 27.5. The van der Waals surface area contributed by atoms with Crippen molar-refractivity contribution in [1.82, 2.24) is 0 Å². The summed E-state index contributed by atoms with van der Waals surface area (Å²) >= 11 is 0. The Morgan fingerprint density at radius 2 is 0.902 bits per heavy atom. The van der Waals surface area contributed by atoms with Gasteiger partial charge in [0.15, 0.2) is 0 Å². The Labute approximate surface area is 293 Å². The fourth-order valence-electron chi connectivity index (χ4n) is 8.13. The first kappa shape index (κ1) is 28.0. The van der Waals surface area contributed by atoms with Crippen molar-refractivity contribution in [3.8, 4) is 11.1 Å². The highest BCUT2D eigenvalue weighted by Crippen LogP contribution is 2.45. The molecule has 0 bridgehead atoms. The van der Waals surface area contributed by atoms with Crippen LogP contribution in [0.3, 0.4) is 0 Å². The second-order valence-corrected chi connectivity index (χ2v) is 13.3. The molecule has 3 heteroatoms. The van der Waals surface area contributed by atoms with Gasteiger partial charge in [-0.2, -0.15) is 0 Å². The van der Waals surface area contributed by atoms with Gasteiger partial charge in [-0.3, -0.25) is 0 Å². The summed E-state index contributed by atoms with van der Waals surface area (Å²) in [7, 11) is 0. The van der Waals surface area contributed by atoms with Gasteiger partial charge in [-0.15, -0.1) is 0 Å². The molecule has 0 spiro atoms. The molecule has 0 atom stereocenters. The van der Waals surface area contributed by atoms with E-state index in [-0.39, 0.29) is 0 Å². The third kappa shape index (κ3) is 4.25. The van der Waals surface area contributed by atoms with Crippen LogP contribution in [0.25, 0.3) is 87.3 Å². The molecule has 238 valence electrons. The van der Waals surface area contributed by atoms with Gasteiger partial charge in [0, 0.05) is 50.4 Å². The van der Waals surface area contributed by atoms with Crippen LogP contribution in [0.1, 0.15) is 0 Å². The van der Waals surface area contributed by atoms with Crippen molar-refractivity contribution in [2.24, 2.45) is 0 Å². The highest BCUT2D eigenvalue weighted by molar-refractivity contribution is 6.20. The van der Waals surface area contributed by atoms with Gasteiger partial charge < -0.3 is 13.7 Å². The predicted octanol–water partition coefficient (Wildman–Crippen LogP) is 14.1. The summed E-state index contributed by atoms with van der Waals surface area (Å²) in [4.78, 5) is 2.34. The van der Waals surface area contributed by atoms with Crippen molar-refractivity contribution >= 4 is 93.3 Å². The van der Waals surface area contributed by atoms with E-state index in [9.17, 15) is 0 Å². The number of hydrogen-bond acceptors (Lipinski definition) is 3. The number of fused-ring (bicyclic) bond motifs is 11. The number of para-hydroxylation sites is 1. The molecule has 0 unspecified atom stereocenters. The molecule has 3 nitrogen and oxygen atoms in total. The van der Waals surface area contributed by atoms with E-state index in [4.69, 9.17) is 8.83 Å². The van der Waals surface area contributed by atoms with E-state index in [0.717, 1.165) is 60.9 Å². The van der Waals surface area contributed by atoms with Crippen LogP contribution >= 0.6 is 0 Å². The third-order valence-electron chi connectivity index (χ3n) is 10.4.